The van der Waals surface area contributed by atoms with E-state index >= 15 is 0 Å². The number of benzene rings is 2. The summed E-state index contributed by atoms with van der Waals surface area (Å²) in [4.78, 5) is 8.09. The minimum absolute atomic E-state index is 0.00604. The normalized spacial score (nSPS) is 14.6. The van der Waals surface area contributed by atoms with Crippen molar-refractivity contribution in [1.29, 1.82) is 0 Å². The van der Waals surface area contributed by atoms with Crippen molar-refractivity contribution in [2.75, 3.05) is 12.4 Å². The van der Waals surface area contributed by atoms with Crippen molar-refractivity contribution in [2.45, 2.75) is 38.1 Å². The molecule has 2 N–H and O–H groups in total. The predicted molar refractivity (Wildman–Crippen MR) is 119 cm³/mol. The molecule has 0 saturated heterocycles. The molecular formula is C23H22ClF4N3O2. The summed E-state index contributed by atoms with van der Waals surface area (Å²) in [5.74, 6) is -0.332. The first-order valence-corrected chi connectivity index (χ1v) is 10.2. The topological polar surface area (TPSA) is 67.3 Å². The Bertz CT molecular complexity index is 1200. The number of nitrogens with zero attached hydrogens (tertiary/aromatic N) is 2. The Balaban J connectivity index is 2.28. The maximum Gasteiger partial charge on any atom is 0.419 e. The molecule has 2 aromatic carbocycles. The van der Waals surface area contributed by atoms with Crippen LogP contribution in [0.4, 0.5) is 23.2 Å². The Morgan fingerprint density at radius 1 is 1.27 bits per heavy atom. The van der Waals surface area contributed by atoms with Gasteiger partial charge in [-0.05, 0) is 38.1 Å². The van der Waals surface area contributed by atoms with Gasteiger partial charge in [0.05, 0.1) is 13.2 Å². The number of nitrogens with one attached hydrogen (secondary N) is 1. The standard InChI is InChI=1S/C23H22ClF4N3O2/c1-12(2)10-22(32,23(26,27)28)21(15-6-5-14(24)9-19(15)33-4)31-18-8-7-17(25)20-16(18)11-29-13(3)30-20/h5-9,11,21,31-32H,1,10H2,2-4H3. The molecule has 0 saturated carbocycles. The number of alkyl halides is 3. The van der Waals surface area contributed by atoms with Crippen LogP contribution in [0.3, 0.4) is 0 Å². The molecule has 1 heterocycles. The summed E-state index contributed by atoms with van der Waals surface area (Å²) in [5, 5.41) is 14.2. The smallest absolute Gasteiger partial charge is 0.419 e. The van der Waals surface area contributed by atoms with Crippen LogP contribution in [0, 0.1) is 12.7 Å². The molecule has 33 heavy (non-hydrogen) atoms. The van der Waals surface area contributed by atoms with Crippen molar-refractivity contribution in [1.82, 2.24) is 9.97 Å². The van der Waals surface area contributed by atoms with E-state index < -0.39 is 30.1 Å². The highest BCUT2D eigenvalue weighted by molar-refractivity contribution is 6.30. The summed E-state index contributed by atoms with van der Waals surface area (Å²) in [6.07, 6.45) is -4.56. The summed E-state index contributed by atoms with van der Waals surface area (Å²) in [6.45, 7) is 6.51. The first kappa shape index (κ1) is 24.7. The average Bonchev–Trinajstić information content (AvgIpc) is 2.72. The number of halogens is 5. The van der Waals surface area contributed by atoms with E-state index in [0.29, 0.717) is 5.82 Å². The Labute approximate surface area is 193 Å². The Hall–Kier alpha value is -2.91. The number of hydrogen-bond donors (Lipinski definition) is 2. The zero-order chi connectivity index (χ0) is 24.6. The lowest BCUT2D eigenvalue weighted by Gasteiger charge is -2.39. The van der Waals surface area contributed by atoms with E-state index in [9.17, 15) is 22.7 Å². The molecule has 3 rings (SSSR count). The molecular weight excluding hydrogens is 462 g/mol. The molecule has 0 aliphatic rings. The highest BCUT2D eigenvalue weighted by Gasteiger charge is 2.59. The largest absolute Gasteiger partial charge is 0.496 e. The number of ether oxygens (including phenoxy) is 1. The maximum absolute atomic E-state index is 14.4. The van der Waals surface area contributed by atoms with Gasteiger partial charge in [-0.3, -0.25) is 0 Å². The summed E-state index contributed by atoms with van der Waals surface area (Å²) in [6, 6.07) is 4.64. The van der Waals surface area contributed by atoms with Crippen LogP contribution in [0.5, 0.6) is 5.75 Å². The Kier molecular flexibility index (Phi) is 6.85. The number of aryl methyl sites for hydroxylation is 1. The summed E-state index contributed by atoms with van der Waals surface area (Å²) < 4.78 is 62.7. The summed E-state index contributed by atoms with van der Waals surface area (Å²) in [5.41, 5.74) is -3.17. The van der Waals surface area contributed by atoms with E-state index in [0.717, 1.165) is 6.07 Å². The second-order valence-corrected chi connectivity index (χ2v) is 8.23. The molecule has 0 spiro atoms. The van der Waals surface area contributed by atoms with Crippen LogP contribution < -0.4 is 10.1 Å². The number of aromatic nitrogens is 2. The molecule has 0 bridgehead atoms. The first-order chi connectivity index (χ1) is 15.4. The minimum Gasteiger partial charge on any atom is -0.496 e. The molecule has 5 nitrogen and oxygen atoms in total. The van der Waals surface area contributed by atoms with Crippen LogP contribution in [-0.2, 0) is 0 Å². The van der Waals surface area contributed by atoms with Crippen LogP contribution in [0.25, 0.3) is 10.9 Å². The number of hydrogen-bond acceptors (Lipinski definition) is 5. The van der Waals surface area contributed by atoms with Gasteiger partial charge < -0.3 is 15.2 Å². The van der Waals surface area contributed by atoms with Crippen LogP contribution in [0.15, 0.2) is 48.7 Å². The number of methoxy groups -OCH3 is 1. The second-order valence-electron chi connectivity index (χ2n) is 7.79. The first-order valence-electron chi connectivity index (χ1n) is 9.82. The van der Waals surface area contributed by atoms with Crippen molar-refractivity contribution in [3.63, 3.8) is 0 Å². The monoisotopic (exact) mass is 483 g/mol. The van der Waals surface area contributed by atoms with Crippen molar-refractivity contribution in [3.05, 3.63) is 70.9 Å². The van der Waals surface area contributed by atoms with E-state index in [2.05, 4.69) is 21.9 Å². The van der Waals surface area contributed by atoms with Crippen molar-refractivity contribution < 1.29 is 27.4 Å². The zero-order valence-corrected chi connectivity index (χ0v) is 18.9. The van der Waals surface area contributed by atoms with Crippen LogP contribution in [-0.4, -0.2) is 34.0 Å². The van der Waals surface area contributed by atoms with E-state index in [4.69, 9.17) is 16.3 Å². The Morgan fingerprint density at radius 3 is 2.58 bits per heavy atom. The van der Waals surface area contributed by atoms with Gasteiger partial charge >= 0.3 is 6.18 Å². The number of anilines is 1. The molecule has 1 aromatic heterocycles. The van der Waals surface area contributed by atoms with Crippen molar-refractivity contribution in [2.24, 2.45) is 0 Å². The predicted octanol–water partition coefficient (Wildman–Crippen LogP) is 6.15. The van der Waals surface area contributed by atoms with E-state index in [1.54, 1.807) is 6.92 Å². The van der Waals surface area contributed by atoms with Gasteiger partial charge in [-0.1, -0.05) is 23.2 Å². The third kappa shape index (κ3) is 4.89. The summed E-state index contributed by atoms with van der Waals surface area (Å²) >= 11 is 6.00. The van der Waals surface area contributed by atoms with E-state index in [1.807, 2.05) is 0 Å². The molecule has 0 fully saturated rings. The highest BCUT2D eigenvalue weighted by atomic mass is 35.5. The van der Waals surface area contributed by atoms with Gasteiger partial charge in [-0.2, -0.15) is 13.2 Å². The van der Waals surface area contributed by atoms with Crippen LogP contribution >= 0.6 is 11.6 Å². The van der Waals surface area contributed by atoms with Crippen LogP contribution in [0.2, 0.25) is 5.02 Å². The third-order valence-corrected chi connectivity index (χ3v) is 5.40. The fourth-order valence-electron chi connectivity index (χ4n) is 3.66. The molecule has 0 aliphatic heterocycles. The Morgan fingerprint density at radius 2 is 1.97 bits per heavy atom. The average molecular weight is 484 g/mol. The SMILES string of the molecule is C=C(C)CC(O)(C(Nc1ccc(F)c2nc(C)ncc12)c1ccc(Cl)cc1OC)C(F)(F)F. The number of fused-ring (bicyclic) bond motifs is 1. The van der Waals surface area contributed by atoms with Crippen molar-refractivity contribution >= 4 is 28.2 Å². The number of rotatable bonds is 7. The lowest BCUT2D eigenvalue weighted by Crippen LogP contribution is -2.52. The third-order valence-electron chi connectivity index (χ3n) is 5.17. The molecule has 3 aromatic rings. The van der Waals surface area contributed by atoms with E-state index in [-0.39, 0.29) is 38.5 Å². The molecule has 2 unspecified atom stereocenters. The van der Waals surface area contributed by atoms with Gasteiger partial charge in [0.25, 0.3) is 0 Å². The molecule has 0 aliphatic carbocycles. The quantitative estimate of drug-likeness (QED) is 0.311. The van der Waals surface area contributed by atoms with Gasteiger partial charge in [-0.15, -0.1) is 6.58 Å². The minimum atomic E-state index is -5.07. The molecule has 176 valence electrons. The van der Waals surface area contributed by atoms with Gasteiger partial charge in [0.2, 0.25) is 0 Å². The van der Waals surface area contributed by atoms with Crippen LogP contribution in [0.1, 0.15) is 30.8 Å². The molecule has 0 amide bonds. The fourth-order valence-corrected chi connectivity index (χ4v) is 3.82. The molecule has 2 atom stereocenters. The zero-order valence-electron chi connectivity index (χ0n) is 18.1. The summed E-state index contributed by atoms with van der Waals surface area (Å²) in [7, 11) is 1.28. The lowest BCUT2D eigenvalue weighted by molar-refractivity contribution is -0.266. The van der Waals surface area contributed by atoms with Gasteiger partial charge in [0, 0.05) is 34.3 Å². The highest BCUT2D eigenvalue weighted by Crippen LogP contribution is 2.48. The van der Waals surface area contributed by atoms with Crippen molar-refractivity contribution in [3.8, 4) is 5.75 Å². The van der Waals surface area contributed by atoms with Gasteiger partial charge in [-0.25, -0.2) is 14.4 Å². The maximum atomic E-state index is 14.4. The molecule has 10 heteroatoms. The lowest BCUT2D eigenvalue weighted by atomic mass is 9.82. The van der Waals surface area contributed by atoms with Gasteiger partial charge in [0.15, 0.2) is 5.60 Å². The molecule has 0 radical (unpaired) electrons. The number of aliphatic hydroxyl groups is 1. The fraction of sp³-hybridized carbons (Fsp3) is 0.304. The van der Waals surface area contributed by atoms with E-state index in [1.165, 1.54) is 44.5 Å². The second kappa shape index (κ2) is 9.15. The van der Waals surface area contributed by atoms with Gasteiger partial charge in [0.1, 0.15) is 22.9 Å².